The number of hydrogen-bond donors (Lipinski definition) is 2. The van der Waals surface area contributed by atoms with Crippen molar-refractivity contribution in [3.63, 3.8) is 0 Å². The molecule has 2 aromatic heterocycles. The van der Waals surface area contributed by atoms with E-state index in [0.29, 0.717) is 26.6 Å². The van der Waals surface area contributed by atoms with Crippen molar-refractivity contribution in [3.05, 3.63) is 77.4 Å². The van der Waals surface area contributed by atoms with E-state index in [1.165, 1.54) is 6.07 Å². The molecule has 7 nitrogen and oxygen atoms in total. The Bertz CT molecular complexity index is 1500. The van der Waals surface area contributed by atoms with Crippen LogP contribution in [-0.2, 0) is 0 Å². The highest BCUT2D eigenvalue weighted by molar-refractivity contribution is 6.32. The lowest BCUT2D eigenvalue weighted by Gasteiger charge is -2.12. The third-order valence-electron chi connectivity index (χ3n) is 5.46. The minimum Gasteiger partial charge on any atom is -0.507 e. The van der Waals surface area contributed by atoms with Crippen LogP contribution in [-0.4, -0.2) is 23.9 Å². The van der Waals surface area contributed by atoms with Crippen molar-refractivity contribution in [1.82, 2.24) is 0 Å². The molecule has 5 rings (SSSR count). The zero-order chi connectivity index (χ0) is 23.3. The van der Waals surface area contributed by atoms with Gasteiger partial charge in [0.25, 0.3) is 0 Å². The smallest absolute Gasteiger partial charge is 0.344 e. The number of aliphatic hydroxyl groups excluding tert-OH is 1. The van der Waals surface area contributed by atoms with Gasteiger partial charge in [-0.3, -0.25) is 0 Å². The van der Waals surface area contributed by atoms with E-state index in [1.807, 2.05) is 0 Å². The van der Waals surface area contributed by atoms with Gasteiger partial charge in [0.1, 0.15) is 22.7 Å². The predicted molar refractivity (Wildman–Crippen MR) is 122 cm³/mol. The van der Waals surface area contributed by atoms with Crippen LogP contribution in [0.4, 0.5) is 0 Å². The third kappa shape index (κ3) is 3.33. The highest BCUT2D eigenvalue weighted by Crippen LogP contribution is 2.44. The number of hydrogen-bond acceptors (Lipinski definition) is 7. The van der Waals surface area contributed by atoms with Crippen molar-refractivity contribution in [2.45, 2.75) is 19.8 Å². The van der Waals surface area contributed by atoms with E-state index in [-0.39, 0.29) is 40.2 Å². The van der Waals surface area contributed by atoms with Gasteiger partial charge >= 0.3 is 11.3 Å². The molecule has 1 atom stereocenters. The molecule has 0 fully saturated rings. The van der Waals surface area contributed by atoms with E-state index in [9.17, 15) is 14.7 Å². The molecule has 32 heavy (non-hydrogen) atoms. The lowest BCUT2D eigenvalue weighted by atomic mass is 9.93. The SMILES string of the molecule is CO.Cc1cc2oc(=O)c(C3COc4c3c(=O)oc3cc(C)c(Cl)cc43)c(O)c2cc1Cl. The molecule has 166 valence electrons. The second kappa shape index (κ2) is 8.16. The molecule has 0 amide bonds. The molecule has 2 aromatic carbocycles. The first-order valence-electron chi connectivity index (χ1n) is 9.56. The predicted octanol–water partition coefficient (Wildman–Crippen LogP) is 4.66. The monoisotopic (exact) mass is 476 g/mol. The Balaban J connectivity index is 0.00000119. The number of ether oxygens (including phenoxy) is 1. The van der Waals surface area contributed by atoms with E-state index in [4.69, 9.17) is 41.9 Å². The van der Waals surface area contributed by atoms with Crippen molar-refractivity contribution < 1.29 is 23.8 Å². The summed E-state index contributed by atoms with van der Waals surface area (Å²) < 4.78 is 16.7. The molecule has 1 aliphatic heterocycles. The van der Waals surface area contributed by atoms with Crippen molar-refractivity contribution >= 4 is 45.1 Å². The van der Waals surface area contributed by atoms with Gasteiger partial charge in [0, 0.05) is 17.2 Å². The molecule has 0 aliphatic carbocycles. The average molecular weight is 477 g/mol. The van der Waals surface area contributed by atoms with E-state index < -0.39 is 17.2 Å². The fraction of sp³-hybridized carbons (Fsp3) is 0.217. The Kier molecular flexibility index (Phi) is 5.67. The second-order valence-corrected chi connectivity index (χ2v) is 8.16. The summed E-state index contributed by atoms with van der Waals surface area (Å²) in [6, 6.07) is 6.41. The summed E-state index contributed by atoms with van der Waals surface area (Å²) in [5, 5.41) is 19.6. The number of fused-ring (bicyclic) bond motifs is 4. The first-order valence-corrected chi connectivity index (χ1v) is 10.3. The Morgan fingerprint density at radius 2 is 1.34 bits per heavy atom. The summed E-state index contributed by atoms with van der Waals surface area (Å²) in [6.45, 7) is 3.52. The minimum absolute atomic E-state index is 0.0336. The molecule has 0 saturated heterocycles. The van der Waals surface area contributed by atoms with Gasteiger partial charge in [0.2, 0.25) is 0 Å². The van der Waals surface area contributed by atoms with Crippen LogP contribution in [0.3, 0.4) is 0 Å². The highest BCUT2D eigenvalue weighted by Gasteiger charge is 2.37. The maximum atomic E-state index is 12.8. The van der Waals surface area contributed by atoms with Gasteiger partial charge in [0.15, 0.2) is 0 Å². The largest absolute Gasteiger partial charge is 0.507 e. The fourth-order valence-electron chi connectivity index (χ4n) is 3.87. The molecule has 0 spiro atoms. The van der Waals surface area contributed by atoms with Gasteiger partial charge in [-0.25, -0.2) is 9.59 Å². The number of aliphatic hydroxyl groups is 1. The lowest BCUT2D eigenvalue weighted by Crippen LogP contribution is -2.19. The van der Waals surface area contributed by atoms with Crippen LogP contribution >= 0.6 is 23.2 Å². The standard InChI is InChI=1S/C22H14Cl2O6.CH4O/c1-8-3-15-10(5-13(8)23)19(25)17(21(26)29-15)12-7-28-20-11-6-14(24)9(2)4-16(11)30-22(27)18(12)20;1-2/h3-6,12,25H,7H2,1-2H3;2H,1H3. The highest BCUT2D eigenvalue weighted by atomic mass is 35.5. The molecule has 1 unspecified atom stereocenters. The molecule has 0 radical (unpaired) electrons. The van der Waals surface area contributed by atoms with Gasteiger partial charge < -0.3 is 23.8 Å². The fourth-order valence-corrected chi connectivity index (χ4v) is 4.20. The number of benzene rings is 2. The number of aromatic hydroxyl groups is 1. The van der Waals surface area contributed by atoms with E-state index >= 15 is 0 Å². The van der Waals surface area contributed by atoms with Crippen molar-refractivity contribution in [2.75, 3.05) is 13.7 Å². The summed E-state index contributed by atoms with van der Waals surface area (Å²) in [5.74, 6) is -0.874. The summed E-state index contributed by atoms with van der Waals surface area (Å²) in [5.41, 5.74) is 0.643. The van der Waals surface area contributed by atoms with Gasteiger partial charge in [-0.05, 0) is 49.2 Å². The maximum Gasteiger partial charge on any atom is 0.344 e. The number of rotatable bonds is 1. The third-order valence-corrected chi connectivity index (χ3v) is 6.27. The Morgan fingerprint density at radius 1 is 0.844 bits per heavy atom. The van der Waals surface area contributed by atoms with Crippen LogP contribution < -0.4 is 16.0 Å². The summed E-state index contributed by atoms with van der Waals surface area (Å²) in [4.78, 5) is 25.5. The zero-order valence-corrected chi connectivity index (χ0v) is 18.8. The normalized spacial score (nSPS) is 14.8. The lowest BCUT2D eigenvalue weighted by molar-refractivity contribution is 0.340. The molecule has 4 aromatic rings. The van der Waals surface area contributed by atoms with Crippen LogP contribution in [0.25, 0.3) is 21.9 Å². The number of halogens is 2. The van der Waals surface area contributed by atoms with Gasteiger partial charge in [-0.15, -0.1) is 0 Å². The van der Waals surface area contributed by atoms with Crippen LogP contribution in [0.15, 0.2) is 42.7 Å². The van der Waals surface area contributed by atoms with Gasteiger partial charge in [0.05, 0.1) is 34.4 Å². The first kappa shape index (κ1) is 22.2. The van der Waals surface area contributed by atoms with Crippen molar-refractivity contribution in [3.8, 4) is 11.5 Å². The molecule has 0 bridgehead atoms. The van der Waals surface area contributed by atoms with Crippen LogP contribution in [0, 0.1) is 13.8 Å². The Hall–Kier alpha value is -3.00. The summed E-state index contributed by atoms with van der Waals surface area (Å²) in [7, 11) is 1.00. The van der Waals surface area contributed by atoms with E-state index in [0.717, 1.165) is 12.7 Å². The topological polar surface area (TPSA) is 110 Å². The summed E-state index contributed by atoms with van der Waals surface area (Å²) >= 11 is 12.4. The van der Waals surface area contributed by atoms with Crippen LogP contribution in [0.5, 0.6) is 11.5 Å². The van der Waals surface area contributed by atoms with E-state index in [2.05, 4.69) is 0 Å². The minimum atomic E-state index is -0.860. The quantitative estimate of drug-likeness (QED) is 0.384. The van der Waals surface area contributed by atoms with Gasteiger partial charge in [-0.2, -0.15) is 0 Å². The Morgan fingerprint density at radius 3 is 1.94 bits per heavy atom. The van der Waals surface area contributed by atoms with Crippen LogP contribution in [0.2, 0.25) is 10.0 Å². The van der Waals surface area contributed by atoms with Gasteiger partial charge in [-0.1, -0.05) is 23.2 Å². The van der Waals surface area contributed by atoms with E-state index in [1.54, 1.807) is 32.0 Å². The Labute approximate surface area is 191 Å². The zero-order valence-electron chi connectivity index (χ0n) is 17.3. The maximum absolute atomic E-state index is 12.8. The second-order valence-electron chi connectivity index (χ2n) is 7.34. The average Bonchev–Trinajstić information content (AvgIpc) is 3.18. The molecule has 9 heteroatoms. The molecule has 2 N–H and O–H groups in total. The molecular weight excluding hydrogens is 459 g/mol. The van der Waals surface area contributed by atoms with Crippen LogP contribution in [0.1, 0.15) is 28.2 Å². The molecular formula is C23H18Cl2O7. The van der Waals surface area contributed by atoms with Crippen molar-refractivity contribution in [2.24, 2.45) is 0 Å². The first-order chi connectivity index (χ1) is 15.3. The van der Waals surface area contributed by atoms with Crippen molar-refractivity contribution in [1.29, 1.82) is 0 Å². The number of aryl methyl sites for hydroxylation is 2. The summed E-state index contributed by atoms with van der Waals surface area (Å²) in [6.07, 6.45) is 0. The molecule has 1 aliphatic rings. The molecule has 0 saturated carbocycles. The molecule has 3 heterocycles.